The first-order chi connectivity index (χ1) is 10.1. The van der Waals surface area contributed by atoms with Crippen molar-refractivity contribution in [2.45, 2.75) is 47.1 Å². The molecule has 5 nitrogen and oxygen atoms in total. The molecule has 0 fully saturated rings. The number of amides is 2. The van der Waals surface area contributed by atoms with E-state index in [-0.39, 0.29) is 5.91 Å². The fourth-order valence-electron chi connectivity index (χ4n) is 2.14. The minimum absolute atomic E-state index is 0.0575. The number of alkyl carbamates (subject to hydrolysis) is 1. The Hall–Kier alpha value is -2.04. The molecule has 1 N–H and O–H groups in total. The minimum atomic E-state index is -0.530. The van der Waals surface area contributed by atoms with Crippen LogP contribution in [0.4, 0.5) is 10.5 Å². The Morgan fingerprint density at radius 2 is 1.86 bits per heavy atom. The van der Waals surface area contributed by atoms with E-state index >= 15 is 0 Å². The lowest BCUT2D eigenvalue weighted by Gasteiger charge is -2.24. The van der Waals surface area contributed by atoms with Crippen LogP contribution in [0.3, 0.4) is 0 Å². The number of anilines is 1. The minimum Gasteiger partial charge on any atom is -0.444 e. The van der Waals surface area contributed by atoms with Gasteiger partial charge in [0.05, 0.1) is 0 Å². The number of nitrogens with zero attached hydrogens (tertiary/aromatic N) is 1. The number of hydrogen-bond acceptors (Lipinski definition) is 3. The molecule has 1 aromatic rings. The second kappa shape index (κ2) is 7.29. The zero-order valence-electron chi connectivity index (χ0n) is 14.3. The molecule has 1 aromatic carbocycles. The number of hydrogen-bond donors (Lipinski definition) is 1. The van der Waals surface area contributed by atoms with Gasteiger partial charge < -0.3 is 15.0 Å². The predicted octanol–water partition coefficient (Wildman–Crippen LogP) is 3.18. The Labute approximate surface area is 132 Å². The topological polar surface area (TPSA) is 58.6 Å². The van der Waals surface area contributed by atoms with Crippen LogP contribution in [-0.4, -0.2) is 30.7 Å². The second-order valence-electron chi connectivity index (χ2n) is 6.39. The maximum absolute atomic E-state index is 11.9. The summed E-state index contributed by atoms with van der Waals surface area (Å²) in [5, 5.41) is 2.67. The van der Waals surface area contributed by atoms with E-state index in [0.717, 1.165) is 16.8 Å². The summed E-state index contributed by atoms with van der Waals surface area (Å²) in [4.78, 5) is 25.1. The summed E-state index contributed by atoms with van der Waals surface area (Å²) in [7, 11) is 0. The van der Waals surface area contributed by atoms with Gasteiger partial charge in [0, 0.05) is 25.7 Å². The van der Waals surface area contributed by atoms with Crippen molar-refractivity contribution < 1.29 is 14.3 Å². The van der Waals surface area contributed by atoms with Gasteiger partial charge in [0.2, 0.25) is 5.91 Å². The Balaban J connectivity index is 2.67. The Morgan fingerprint density at radius 1 is 1.23 bits per heavy atom. The predicted molar refractivity (Wildman–Crippen MR) is 88.2 cm³/mol. The number of aryl methyl sites for hydroxylation is 2. The lowest BCUT2D eigenvalue weighted by atomic mass is 10.1. The summed E-state index contributed by atoms with van der Waals surface area (Å²) in [5.74, 6) is -0.0575. The largest absolute Gasteiger partial charge is 0.444 e. The number of rotatable bonds is 4. The highest BCUT2D eigenvalue weighted by atomic mass is 16.6. The van der Waals surface area contributed by atoms with E-state index in [2.05, 4.69) is 5.32 Å². The third kappa shape index (κ3) is 5.76. The van der Waals surface area contributed by atoms with Crippen molar-refractivity contribution in [2.24, 2.45) is 0 Å². The van der Waals surface area contributed by atoms with Crippen molar-refractivity contribution in [1.82, 2.24) is 5.32 Å². The van der Waals surface area contributed by atoms with Crippen molar-refractivity contribution >= 4 is 17.7 Å². The van der Waals surface area contributed by atoms with E-state index in [1.165, 1.54) is 6.92 Å². The van der Waals surface area contributed by atoms with Gasteiger partial charge in [-0.3, -0.25) is 4.79 Å². The summed E-state index contributed by atoms with van der Waals surface area (Å²) < 4.78 is 5.17. The highest BCUT2D eigenvalue weighted by molar-refractivity contribution is 5.92. The van der Waals surface area contributed by atoms with Crippen LogP contribution in [-0.2, 0) is 9.53 Å². The van der Waals surface area contributed by atoms with Gasteiger partial charge in [0.25, 0.3) is 0 Å². The number of benzene rings is 1. The lowest BCUT2D eigenvalue weighted by Crippen LogP contribution is -2.40. The van der Waals surface area contributed by atoms with E-state index in [1.807, 2.05) is 52.8 Å². The first-order valence-electron chi connectivity index (χ1n) is 7.42. The monoisotopic (exact) mass is 306 g/mol. The number of carbonyl (C=O) groups is 2. The first-order valence-corrected chi connectivity index (χ1v) is 7.42. The van der Waals surface area contributed by atoms with Gasteiger partial charge in [0.1, 0.15) is 5.60 Å². The normalized spacial score (nSPS) is 11.0. The van der Waals surface area contributed by atoms with E-state index in [0.29, 0.717) is 13.1 Å². The Morgan fingerprint density at radius 3 is 2.36 bits per heavy atom. The van der Waals surface area contributed by atoms with Crippen LogP contribution < -0.4 is 10.2 Å². The quantitative estimate of drug-likeness (QED) is 0.929. The molecule has 0 spiro atoms. The molecule has 0 unspecified atom stereocenters. The van der Waals surface area contributed by atoms with Gasteiger partial charge in [-0.05, 0) is 46.2 Å². The summed E-state index contributed by atoms with van der Waals surface area (Å²) in [6, 6.07) is 5.94. The molecular weight excluding hydrogens is 280 g/mol. The Kier molecular flexibility index (Phi) is 5.97. The SMILES string of the molecule is CC(=O)N(CCNC(=O)OC(C)(C)C)c1ccc(C)cc1C. The number of nitrogens with one attached hydrogen (secondary N) is 1. The van der Waals surface area contributed by atoms with Crippen LogP contribution in [0.15, 0.2) is 18.2 Å². The molecule has 22 heavy (non-hydrogen) atoms. The standard InChI is InChI=1S/C17H26N2O3/c1-12-7-8-15(13(2)11-12)19(14(3)20)10-9-18-16(21)22-17(4,5)6/h7-8,11H,9-10H2,1-6H3,(H,18,21). The van der Waals surface area contributed by atoms with Gasteiger partial charge in [-0.2, -0.15) is 0 Å². The average molecular weight is 306 g/mol. The van der Waals surface area contributed by atoms with Crippen LogP contribution in [0.25, 0.3) is 0 Å². The molecule has 0 aliphatic rings. The van der Waals surface area contributed by atoms with Crippen molar-refractivity contribution in [1.29, 1.82) is 0 Å². The molecular formula is C17H26N2O3. The molecule has 0 aliphatic heterocycles. The van der Waals surface area contributed by atoms with Crippen LogP contribution in [0, 0.1) is 13.8 Å². The highest BCUT2D eigenvalue weighted by Crippen LogP contribution is 2.21. The maximum atomic E-state index is 11.9. The average Bonchev–Trinajstić information content (AvgIpc) is 2.33. The van der Waals surface area contributed by atoms with Gasteiger partial charge in [-0.15, -0.1) is 0 Å². The zero-order valence-corrected chi connectivity index (χ0v) is 14.3. The molecule has 0 saturated carbocycles. The third-order valence-electron chi connectivity index (χ3n) is 3.03. The van der Waals surface area contributed by atoms with Crippen molar-refractivity contribution in [3.63, 3.8) is 0 Å². The summed E-state index contributed by atoms with van der Waals surface area (Å²) in [6.45, 7) is 11.7. The fourth-order valence-corrected chi connectivity index (χ4v) is 2.14. The molecule has 0 aliphatic carbocycles. The molecule has 2 amide bonds. The second-order valence-corrected chi connectivity index (χ2v) is 6.39. The maximum Gasteiger partial charge on any atom is 0.407 e. The molecule has 0 radical (unpaired) electrons. The lowest BCUT2D eigenvalue weighted by molar-refractivity contribution is -0.116. The molecule has 1 rings (SSSR count). The van der Waals surface area contributed by atoms with E-state index < -0.39 is 11.7 Å². The third-order valence-corrected chi connectivity index (χ3v) is 3.03. The molecule has 5 heteroatoms. The van der Waals surface area contributed by atoms with Crippen LogP contribution in [0.2, 0.25) is 0 Å². The molecule has 0 atom stereocenters. The first kappa shape index (κ1) is 18.0. The van der Waals surface area contributed by atoms with Gasteiger partial charge in [0.15, 0.2) is 0 Å². The van der Waals surface area contributed by atoms with Gasteiger partial charge in [-0.1, -0.05) is 17.7 Å². The molecule has 122 valence electrons. The summed E-state index contributed by atoms with van der Waals surface area (Å²) >= 11 is 0. The van der Waals surface area contributed by atoms with Crippen molar-refractivity contribution in [3.05, 3.63) is 29.3 Å². The molecule has 0 heterocycles. The molecule has 0 bridgehead atoms. The van der Waals surface area contributed by atoms with E-state index in [1.54, 1.807) is 4.90 Å². The summed E-state index contributed by atoms with van der Waals surface area (Å²) in [6.07, 6.45) is -0.475. The van der Waals surface area contributed by atoms with Crippen LogP contribution in [0.1, 0.15) is 38.8 Å². The van der Waals surface area contributed by atoms with Crippen LogP contribution in [0.5, 0.6) is 0 Å². The van der Waals surface area contributed by atoms with Crippen LogP contribution >= 0.6 is 0 Å². The highest BCUT2D eigenvalue weighted by Gasteiger charge is 2.17. The number of ether oxygens (including phenoxy) is 1. The molecule has 0 saturated heterocycles. The van der Waals surface area contributed by atoms with Gasteiger partial charge in [-0.25, -0.2) is 4.79 Å². The summed E-state index contributed by atoms with van der Waals surface area (Å²) in [5.41, 5.74) is 2.52. The van der Waals surface area contributed by atoms with Gasteiger partial charge >= 0.3 is 6.09 Å². The van der Waals surface area contributed by atoms with E-state index in [4.69, 9.17) is 4.74 Å². The zero-order chi connectivity index (χ0) is 16.9. The van der Waals surface area contributed by atoms with Crippen molar-refractivity contribution in [3.8, 4) is 0 Å². The molecule has 0 aromatic heterocycles. The Bertz CT molecular complexity index is 547. The number of carbonyl (C=O) groups excluding carboxylic acids is 2. The van der Waals surface area contributed by atoms with Crippen molar-refractivity contribution in [2.75, 3.05) is 18.0 Å². The van der Waals surface area contributed by atoms with E-state index in [9.17, 15) is 9.59 Å². The smallest absolute Gasteiger partial charge is 0.407 e. The fraction of sp³-hybridized carbons (Fsp3) is 0.529.